The summed E-state index contributed by atoms with van der Waals surface area (Å²) in [7, 11) is 0. The number of benzene rings is 2. The molecule has 4 rings (SSSR count). The first-order valence-corrected chi connectivity index (χ1v) is 10.4. The predicted molar refractivity (Wildman–Crippen MR) is 119 cm³/mol. The van der Waals surface area contributed by atoms with E-state index in [1.807, 2.05) is 6.07 Å². The number of nitrogens with one attached hydrogen (secondary N) is 2. The average molecular weight is 449 g/mol. The second-order valence-corrected chi connectivity index (χ2v) is 7.60. The number of hydrogen-bond donors (Lipinski definition) is 4. The van der Waals surface area contributed by atoms with Crippen LogP contribution in [0.1, 0.15) is 40.8 Å². The number of aliphatic carboxylic acids is 1. The van der Waals surface area contributed by atoms with Gasteiger partial charge in [-0.1, -0.05) is 30.3 Å². The van der Waals surface area contributed by atoms with Crippen LogP contribution in [0.3, 0.4) is 0 Å². The molecule has 1 aliphatic rings. The Balaban J connectivity index is 1.48. The topological polar surface area (TPSA) is 132 Å². The fourth-order valence-electron chi connectivity index (χ4n) is 3.86. The maximum atomic E-state index is 13.2. The summed E-state index contributed by atoms with van der Waals surface area (Å²) in [4.78, 5) is 38.4. The van der Waals surface area contributed by atoms with Gasteiger partial charge in [0.25, 0.3) is 5.91 Å². The molecular weight excluding hydrogens is 426 g/mol. The minimum atomic E-state index is -1.43. The molecule has 9 nitrogen and oxygen atoms in total. The number of aliphatic hydroxyl groups is 1. The highest BCUT2D eigenvalue weighted by molar-refractivity contribution is 6.05. The van der Waals surface area contributed by atoms with Crippen LogP contribution in [-0.2, 0) is 16.1 Å². The summed E-state index contributed by atoms with van der Waals surface area (Å²) in [6.45, 7) is 0.314. The van der Waals surface area contributed by atoms with Crippen LogP contribution in [0.4, 0.5) is 11.4 Å². The van der Waals surface area contributed by atoms with E-state index in [0.717, 1.165) is 4.90 Å². The molecule has 2 amide bonds. The molecule has 0 saturated heterocycles. The lowest BCUT2D eigenvalue weighted by molar-refractivity contribution is -0.146. The zero-order valence-corrected chi connectivity index (χ0v) is 17.6. The quantitative estimate of drug-likeness (QED) is 0.394. The molecule has 4 N–H and O–H groups in total. The van der Waals surface area contributed by atoms with Gasteiger partial charge in [0.05, 0.1) is 18.4 Å². The van der Waals surface area contributed by atoms with Gasteiger partial charge in [0.1, 0.15) is 11.8 Å². The van der Waals surface area contributed by atoms with Crippen LogP contribution < -0.4 is 10.6 Å². The molecule has 33 heavy (non-hydrogen) atoms. The highest BCUT2D eigenvalue weighted by atomic mass is 16.4. The van der Waals surface area contributed by atoms with Crippen LogP contribution in [-0.4, -0.2) is 38.9 Å². The van der Waals surface area contributed by atoms with Gasteiger partial charge < -0.3 is 25.3 Å². The van der Waals surface area contributed by atoms with Gasteiger partial charge in [-0.3, -0.25) is 14.5 Å². The normalized spacial score (nSPS) is 15.7. The van der Waals surface area contributed by atoms with E-state index in [4.69, 9.17) is 4.42 Å². The van der Waals surface area contributed by atoms with Crippen LogP contribution >= 0.6 is 0 Å². The smallest absolute Gasteiger partial charge is 0.326 e. The molecule has 0 aliphatic carbocycles. The van der Waals surface area contributed by atoms with Gasteiger partial charge >= 0.3 is 5.97 Å². The number of carbonyl (C=O) groups is 3. The first kappa shape index (κ1) is 22.1. The summed E-state index contributed by atoms with van der Waals surface area (Å²) >= 11 is 0. The number of carboxylic acid groups (broad SMARTS) is 1. The second kappa shape index (κ2) is 9.58. The third-order valence-electron chi connectivity index (χ3n) is 5.44. The molecule has 0 bridgehead atoms. The number of carboxylic acids is 1. The van der Waals surface area contributed by atoms with E-state index in [0.29, 0.717) is 29.2 Å². The van der Waals surface area contributed by atoms with Crippen LogP contribution in [0.2, 0.25) is 0 Å². The minimum Gasteiger partial charge on any atom is -0.480 e. The van der Waals surface area contributed by atoms with Crippen LogP contribution in [0, 0.1) is 0 Å². The average Bonchev–Trinajstić information content (AvgIpc) is 3.41. The molecule has 2 atom stereocenters. The molecule has 2 heterocycles. The van der Waals surface area contributed by atoms with Crippen molar-refractivity contribution in [3.63, 3.8) is 0 Å². The number of amides is 2. The van der Waals surface area contributed by atoms with E-state index >= 15 is 0 Å². The molecule has 2 aromatic carbocycles. The highest BCUT2D eigenvalue weighted by Gasteiger charge is 2.44. The van der Waals surface area contributed by atoms with Crippen molar-refractivity contribution in [1.29, 1.82) is 0 Å². The van der Waals surface area contributed by atoms with E-state index in [1.165, 1.54) is 6.26 Å². The summed E-state index contributed by atoms with van der Waals surface area (Å²) in [6, 6.07) is 15.9. The predicted octanol–water partition coefficient (Wildman–Crippen LogP) is 3.21. The molecule has 0 radical (unpaired) electrons. The van der Waals surface area contributed by atoms with Crippen LogP contribution in [0.25, 0.3) is 0 Å². The first-order valence-electron chi connectivity index (χ1n) is 10.4. The number of carbonyl (C=O) groups excluding carboxylic acids is 2. The third-order valence-corrected chi connectivity index (χ3v) is 5.44. The molecular formula is C24H23N3O6. The van der Waals surface area contributed by atoms with Gasteiger partial charge in [-0.05, 0) is 36.8 Å². The SMILES string of the molecule is O=C(CCC(C(=O)O)N1C(=O)c2c(NCc3ccco3)cccc2C1O)Nc1ccccc1. The zero-order valence-electron chi connectivity index (χ0n) is 17.6. The fraction of sp³-hybridized carbons (Fsp3) is 0.208. The third kappa shape index (κ3) is 4.73. The molecule has 1 aromatic heterocycles. The maximum Gasteiger partial charge on any atom is 0.326 e. The van der Waals surface area contributed by atoms with Gasteiger partial charge in [0.15, 0.2) is 6.23 Å². The lowest BCUT2D eigenvalue weighted by Gasteiger charge is -2.27. The van der Waals surface area contributed by atoms with Crippen molar-refractivity contribution in [1.82, 2.24) is 4.90 Å². The van der Waals surface area contributed by atoms with Gasteiger partial charge in [0.2, 0.25) is 5.91 Å². The van der Waals surface area contributed by atoms with Crippen molar-refractivity contribution in [2.45, 2.75) is 31.7 Å². The van der Waals surface area contributed by atoms with E-state index in [-0.39, 0.29) is 24.3 Å². The van der Waals surface area contributed by atoms with Crippen LogP contribution in [0.5, 0.6) is 0 Å². The fourth-order valence-corrected chi connectivity index (χ4v) is 3.86. The summed E-state index contributed by atoms with van der Waals surface area (Å²) in [5, 5.41) is 26.4. The van der Waals surface area contributed by atoms with Crippen molar-refractivity contribution < 1.29 is 29.0 Å². The van der Waals surface area contributed by atoms with Gasteiger partial charge in [-0.2, -0.15) is 0 Å². The Morgan fingerprint density at radius 1 is 1.06 bits per heavy atom. The Morgan fingerprint density at radius 2 is 1.85 bits per heavy atom. The molecule has 0 saturated carbocycles. The van der Waals surface area contributed by atoms with Crippen molar-refractivity contribution in [3.05, 3.63) is 83.8 Å². The van der Waals surface area contributed by atoms with Gasteiger partial charge in [-0.15, -0.1) is 0 Å². The van der Waals surface area contributed by atoms with E-state index in [1.54, 1.807) is 54.6 Å². The minimum absolute atomic E-state index is 0.137. The van der Waals surface area contributed by atoms with Crippen molar-refractivity contribution >= 4 is 29.2 Å². The second-order valence-electron chi connectivity index (χ2n) is 7.60. The number of hydrogen-bond acceptors (Lipinski definition) is 6. The summed E-state index contributed by atoms with van der Waals surface area (Å²) in [5.41, 5.74) is 1.56. The molecule has 2 unspecified atom stereocenters. The number of nitrogens with zero attached hydrogens (tertiary/aromatic N) is 1. The number of aliphatic hydroxyl groups excluding tert-OH is 1. The zero-order chi connectivity index (χ0) is 23.4. The van der Waals surface area contributed by atoms with Crippen molar-refractivity contribution in [2.75, 3.05) is 10.6 Å². The maximum absolute atomic E-state index is 13.2. The van der Waals surface area contributed by atoms with Crippen LogP contribution in [0.15, 0.2) is 71.3 Å². The molecule has 1 aliphatic heterocycles. The lowest BCUT2D eigenvalue weighted by atomic mass is 10.1. The van der Waals surface area contributed by atoms with Crippen molar-refractivity contribution in [3.8, 4) is 0 Å². The number of anilines is 2. The van der Waals surface area contributed by atoms with E-state index < -0.39 is 24.1 Å². The van der Waals surface area contributed by atoms with Crippen molar-refractivity contribution in [2.24, 2.45) is 0 Å². The van der Waals surface area contributed by atoms with E-state index in [9.17, 15) is 24.6 Å². The molecule has 0 fully saturated rings. The summed E-state index contributed by atoms with van der Waals surface area (Å²) < 4.78 is 5.29. The molecule has 0 spiro atoms. The monoisotopic (exact) mass is 449 g/mol. The largest absolute Gasteiger partial charge is 0.480 e. The number of rotatable bonds is 9. The lowest BCUT2D eigenvalue weighted by Crippen LogP contribution is -2.44. The Labute approximate surface area is 189 Å². The Hall–Kier alpha value is -4.11. The summed E-state index contributed by atoms with van der Waals surface area (Å²) in [6.07, 6.45) is -0.187. The van der Waals surface area contributed by atoms with Gasteiger partial charge in [-0.25, -0.2) is 4.79 Å². The highest BCUT2D eigenvalue weighted by Crippen LogP contribution is 2.38. The Kier molecular flexibility index (Phi) is 6.41. The number of para-hydroxylation sites is 1. The number of furan rings is 1. The Morgan fingerprint density at radius 3 is 2.55 bits per heavy atom. The van der Waals surface area contributed by atoms with E-state index in [2.05, 4.69) is 10.6 Å². The van der Waals surface area contributed by atoms with Gasteiger partial charge in [0, 0.05) is 23.4 Å². The molecule has 3 aromatic rings. The summed E-state index contributed by atoms with van der Waals surface area (Å²) in [5.74, 6) is -1.64. The number of fused-ring (bicyclic) bond motifs is 1. The first-order chi connectivity index (χ1) is 16.0. The Bertz CT molecular complexity index is 1150. The molecule has 170 valence electrons. The standard InChI is InChI=1S/C24H23N3O6/c28-20(26-15-6-2-1-3-7-15)12-11-19(24(31)32)27-22(29)17-9-4-10-18(21(17)23(27)30)25-14-16-8-5-13-33-16/h1-10,13,19,22,25,29H,11-12,14H2,(H,26,28)(H,31,32). The molecule has 9 heteroatoms.